The largest absolute Gasteiger partial charge is 0.394 e. The van der Waals surface area contributed by atoms with Crippen molar-refractivity contribution in [3.05, 3.63) is 23.8 Å². The molecule has 1 aliphatic heterocycles. The average Bonchev–Trinajstić information content (AvgIpc) is 2.40. The van der Waals surface area contributed by atoms with Gasteiger partial charge in [-0.05, 0) is 30.2 Å². The number of carbonyl (C=O) groups excluding carboxylic acids is 1. The minimum absolute atomic E-state index is 0.138. The van der Waals surface area contributed by atoms with Crippen molar-refractivity contribution < 1.29 is 15.0 Å². The quantitative estimate of drug-likeness (QED) is 0.721. The summed E-state index contributed by atoms with van der Waals surface area (Å²) < 4.78 is 0. The lowest BCUT2D eigenvalue weighted by molar-refractivity contribution is -0.118. The highest BCUT2D eigenvalue weighted by Gasteiger charge is 2.20. The van der Waals surface area contributed by atoms with E-state index < -0.39 is 6.10 Å². The van der Waals surface area contributed by atoms with Gasteiger partial charge in [-0.15, -0.1) is 0 Å². The Morgan fingerprint density at radius 3 is 2.94 bits per heavy atom. The molecule has 1 atom stereocenters. The van der Waals surface area contributed by atoms with Crippen molar-refractivity contribution in [1.82, 2.24) is 0 Å². The van der Waals surface area contributed by atoms with Crippen LogP contribution in [0, 0.1) is 0 Å². The number of aryl methyl sites for hydroxylation is 1. The van der Waals surface area contributed by atoms with E-state index in [-0.39, 0.29) is 12.5 Å². The Labute approximate surface area is 106 Å². The number of hydrogen-bond acceptors (Lipinski definition) is 4. The van der Waals surface area contributed by atoms with Crippen LogP contribution >= 0.6 is 0 Å². The van der Waals surface area contributed by atoms with Crippen LogP contribution in [-0.4, -0.2) is 42.4 Å². The standard InChI is InChI=1S/C13H18N2O3/c1-15-12-4-3-10(14-7-11(17)8-16)6-9(12)2-5-13(15)18/h3-4,6,11,14,16-17H,2,5,7-8H2,1H3. The predicted octanol–water partition coefficient (Wildman–Crippen LogP) is 0.361. The predicted molar refractivity (Wildman–Crippen MR) is 69.8 cm³/mol. The summed E-state index contributed by atoms with van der Waals surface area (Å²) in [5.74, 6) is 0.138. The van der Waals surface area contributed by atoms with E-state index in [2.05, 4.69) is 5.32 Å². The maximum absolute atomic E-state index is 11.5. The number of rotatable bonds is 4. The molecular weight excluding hydrogens is 232 g/mol. The lowest BCUT2D eigenvalue weighted by Crippen LogP contribution is -2.31. The molecule has 0 radical (unpaired) electrons. The first-order chi connectivity index (χ1) is 8.61. The molecule has 0 fully saturated rings. The molecule has 0 aliphatic carbocycles. The molecule has 1 unspecified atom stereocenters. The normalized spacial score (nSPS) is 16.4. The molecule has 1 amide bonds. The monoisotopic (exact) mass is 250 g/mol. The summed E-state index contributed by atoms with van der Waals surface area (Å²) in [6.07, 6.45) is 0.522. The molecule has 2 rings (SSSR count). The SMILES string of the molecule is CN1C(=O)CCc2cc(NCC(O)CO)ccc21. The fourth-order valence-electron chi connectivity index (χ4n) is 2.07. The number of carbonyl (C=O) groups is 1. The zero-order chi connectivity index (χ0) is 13.1. The number of benzene rings is 1. The Balaban J connectivity index is 2.10. The van der Waals surface area contributed by atoms with Crippen molar-refractivity contribution in [3.63, 3.8) is 0 Å². The fourth-order valence-corrected chi connectivity index (χ4v) is 2.07. The smallest absolute Gasteiger partial charge is 0.227 e. The average molecular weight is 250 g/mol. The zero-order valence-electron chi connectivity index (χ0n) is 10.4. The number of aliphatic hydroxyl groups is 2. The van der Waals surface area contributed by atoms with Crippen LogP contribution in [-0.2, 0) is 11.2 Å². The minimum Gasteiger partial charge on any atom is -0.394 e. The van der Waals surface area contributed by atoms with Gasteiger partial charge in [-0.1, -0.05) is 0 Å². The van der Waals surface area contributed by atoms with Crippen LogP contribution in [0.3, 0.4) is 0 Å². The van der Waals surface area contributed by atoms with Gasteiger partial charge in [-0.3, -0.25) is 4.79 Å². The molecule has 0 saturated carbocycles. The Morgan fingerprint density at radius 2 is 2.22 bits per heavy atom. The highest BCUT2D eigenvalue weighted by molar-refractivity contribution is 5.96. The van der Waals surface area contributed by atoms with Crippen molar-refractivity contribution in [2.45, 2.75) is 18.9 Å². The van der Waals surface area contributed by atoms with Gasteiger partial charge in [-0.25, -0.2) is 0 Å². The second-order valence-corrected chi connectivity index (χ2v) is 4.51. The van der Waals surface area contributed by atoms with E-state index in [0.29, 0.717) is 13.0 Å². The number of anilines is 2. The van der Waals surface area contributed by atoms with Crippen molar-refractivity contribution in [3.8, 4) is 0 Å². The Bertz CT molecular complexity index is 448. The van der Waals surface area contributed by atoms with E-state index in [1.807, 2.05) is 18.2 Å². The van der Waals surface area contributed by atoms with Crippen molar-refractivity contribution >= 4 is 17.3 Å². The molecule has 5 heteroatoms. The summed E-state index contributed by atoms with van der Waals surface area (Å²) in [4.78, 5) is 13.2. The van der Waals surface area contributed by atoms with Gasteiger partial charge in [-0.2, -0.15) is 0 Å². The summed E-state index contributed by atoms with van der Waals surface area (Å²) >= 11 is 0. The Morgan fingerprint density at radius 1 is 1.44 bits per heavy atom. The van der Waals surface area contributed by atoms with Gasteiger partial charge in [0, 0.05) is 31.4 Å². The first-order valence-corrected chi connectivity index (χ1v) is 6.04. The molecule has 0 spiro atoms. The van der Waals surface area contributed by atoms with Crippen LogP contribution < -0.4 is 10.2 Å². The van der Waals surface area contributed by atoms with Crippen LogP contribution in [0.15, 0.2) is 18.2 Å². The lowest BCUT2D eigenvalue weighted by Gasteiger charge is -2.26. The van der Waals surface area contributed by atoms with E-state index in [9.17, 15) is 9.90 Å². The number of fused-ring (bicyclic) bond motifs is 1. The van der Waals surface area contributed by atoms with Gasteiger partial charge in [0.1, 0.15) is 0 Å². The summed E-state index contributed by atoms with van der Waals surface area (Å²) in [6, 6.07) is 5.76. The molecule has 5 nitrogen and oxygen atoms in total. The summed E-state index contributed by atoms with van der Waals surface area (Å²) in [7, 11) is 1.78. The molecular formula is C13H18N2O3. The van der Waals surface area contributed by atoms with E-state index in [1.54, 1.807) is 11.9 Å². The van der Waals surface area contributed by atoms with Crippen LogP contribution in [0.5, 0.6) is 0 Å². The highest BCUT2D eigenvalue weighted by Crippen LogP contribution is 2.29. The maximum atomic E-state index is 11.5. The summed E-state index contributed by atoms with van der Waals surface area (Å²) in [5, 5.41) is 21.1. The van der Waals surface area contributed by atoms with Gasteiger partial charge < -0.3 is 20.4 Å². The molecule has 1 heterocycles. The molecule has 0 saturated heterocycles. The van der Waals surface area contributed by atoms with Crippen LogP contribution in [0.25, 0.3) is 0 Å². The molecule has 98 valence electrons. The molecule has 18 heavy (non-hydrogen) atoms. The molecule has 3 N–H and O–H groups in total. The molecule has 0 bridgehead atoms. The zero-order valence-corrected chi connectivity index (χ0v) is 10.4. The number of nitrogens with one attached hydrogen (secondary N) is 1. The first-order valence-electron chi connectivity index (χ1n) is 6.04. The number of aliphatic hydroxyl groups excluding tert-OH is 2. The number of nitrogens with zero attached hydrogens (tertiary/aromatic N) is 1. The van der Waals surface area contributed by atoms with Gasteiger partial charge in [0.2, 0.25) is 5.91 Å². The maximum Gasteiger partial charge on any atom is 0.227 e. The van der Waals surface area contributed by atoms with E-state index in [1.165, 1.54) is 0 Å². The molecule has 0 aromatic heterocycles. The second-order valence-electron chi connectivity index (χ2n) is 4.51. The third-order valence-electron chi connectivity index (χ3n) is 3.18. The van der Waals surface area contributed by atoms with Gasteiger partial charge in [0.25, 0.3) is 0 Å². The third kappa shape index (κ3) is 2.63. The minimum atomic E-state index is -0.759. The van der Waals surface area contributed by atoms with E-state index in [4.69, 9.17) is 5.11 Å². The van der Waals surface area contributed by atoms with Crippen molar-refractivity contribution in [2.24, 2.45) is 0 Å². The lowest BCUT2D eigenvalue weighted by atomic mass is 10.0. The topological polar surface area (TPSA) is 72.8 Å². The van der Waals surface area contributed by atoms with Gasteiger partial charge in [0.05, 0.1) is 12.7 Å². The Hall–Kier alpha value is -1.59. The molecule has 1 aromatic rings. The second kappa shape index (κ2) is 5.37. The third-order valence-corrected chi connectivity index (χ3v) is 3.18. The first kappa shape index (κ1) is 12.9. The van der Waals surface area contributed by atoms with Crippen LogP contribution in [0.4, 0.5) is 11.4 Å². The molecule has 1 aromatic carbocycles. The summed E-state index contributed by atoms with van der Waals surface area (Å²) in [5.41, 5.74) is 2.96. The fraction of sp³-hybridized carbons (Fsp3) is 0.462. The van der Waals surface area contributed by atoms with Gasteiger partial charge in [0.15, 0.2) is 0 Å². The van der Waals surface area contributed by atoms with Gasteiger partial charge >= 0.3 is 0 Å². The number of hydrogen-bond donors (Lipinski definition) is 3. The van der Waals surface area contributed by atoms with E-state index >= 15 is 0 Å². The summed E-state index contributed by atoms with van der Waals surface area (Å²) in [6.45, 7) is 0.0548. The van der Waals surface area contributed by atoms with Crippen molar-refractivity contribution in [1.29, 1.82) is 0 Å². The molecule has 1 aliphatic rings. The van der Waals surface area contributed by atoms with Crippen LogP contribution in [0.2, 0.25) is 0 Å². The van der Waals surface area contributed by atoms with Crippen molar-refractivity contribution in [2.75, 3.05) is 30.4 Å². The number of amides is 1. The highest BCUT2D eigenvalue weighted by atomic mass is 16.3. The Kier molecular flexibility index (Phi) is 3.84. The van der Waals surface area contributed by atoms with Crippen LogP contribution in [0.1, 0.15) is 12.0 Å². The van der Waals surface area contributed by atoms with E-state index in [0.717, 1.165) is 23.4 Å².